The highest BCUT2D eigenvalue weighted by Gasteiger charge is 1.95. The summed E-state index contributed by atoms with van der Waals surface area (Å²) in [7, 11) is 0. The zero-order valence-electron chi connectivity index (χ0n) is 5.26. The predicted octanol–water partition coefficient (Wildman–Crippen LogP) is 1.65. The number of carbonyl (C=O) groups is 1. The molecule has 0 fully saturated rings. The molecule has 9 heavy (non-hydrogen) atoms. The minimum atomic E-state index is 0.409. The molecule has 0 saturated carbocycles. The molecule has 0 spiro atoms. The van der Waals surface area contributed by atoms with Crippen LogP contribution in [0.1, 0.15) is 23.2 Å². The minimum Gasteiger partial charge on any atom is -0.458 e. The number of carbonyl (C=O) groups excluding carboxylic acids is 1. The van der Waals surface area contributed by atoms with Crippen molar-refractivity contribution in [2.24, 2.45) is 0 Å². The molecular formula is C7H8O2. The summed E-state index contributed by atoms with van der Waals surface area (Å²) in [6, 6.07) is 3.48. The summed E-state index contributed by atoms with van der Waals surface area (Å²) in [5.41, 5.74) is 0. The van der Waals surface area contributed by atoms with Crippen LogP contribution in [0, 0.1) is 0 Å². The van der Waals surface area contributed by atoms with Gasteiger partial charge in [0.25, 0.3) is 0 Å². The molecule has 0 N–H and O–H groups in total. The number of furan rings is 1. The van der Waals surface area contributed by atoms with E-state index in [0.29, 0.717) is 12.0 Å². The maximum absolute atomic E-state index is 10.0. The van der Waals surface area contributed by atoms with Gasteiger partial charge in [-0.25, -0.2) is 0 Å². The number of aryl methyl sites for hydroxylation is 1. The molecule has 0 atom stereocenters. The summed E-state index contributed by atoms with van der Waals surface area (Å²) < 4.78 is 5.01. The van der Waals surface area contributed by atoms with Gasteiger partial charge in [-0.05, 0) is 12.1 Å². The van der Waals surface area contributed by atoms with Crippen molar-refractivity contribution in [3.8, 4) is 0 Å². The van der Waals surface area contributed by atoms with Gasteiger partial charge in [-0.15, -0.1) is 0 Å². The summed E-state index contributed by atoms with van der Waals surface area (Å²) >= 11 is 0. The Balaban J connectivity index is 2.86. The van der Waals surface area contributed by atoms with E-state index in [1.807, 2.05) is 13.0 Å². The maximum atomic E-state index is 10.0. The molecule has 0 aliphatic carbocycles. The third-order valence-electron chi connectivity index (χ3n) is 1.15. The first-order valence-electron chi connectivity index (χ1n) is 2.90. The lowest BCUT2D eigenvalue weighted by molar-refractivity contribution is 0.109. The second kappa shape index (κ2) is 2.49. The Labute approximate surface area is 53.5 Å². The first kappa shape index (κ1) is 6.08. The first-order chi connectivity index (χ1) is 4.36. The molecule has 0 radical (unpaired) electrons. The van der Waals surface area contributed by atoms with E-state index in [0.717, 1.165) is 12.2 Å². The fourth-order valence-electron chi connectivity index (χ4n) is 0.648. The van der Waals surface area contributed by atoms with E-state index < -0.39 is 0 Å². The van der Waals surface area contributed by atoms with Crippen molar-refractivity contribution >= 4 is 6.29 Å². The molecule has 0 aliphatic heterocycles. The average molecular weight is 124 g/mol. The fourth-order valence-corrected chi connectivity index (χ4v) is 0.648. The van der Waals surface area contributed by atoms with Gasteiger partial charge >= 0.3 is 0 Å². The fraction of sp³-hybridized carbons (Fsp3) is 0.286. The summed E-state index contributed by atoms with van der Waals surface area (Å²) in [5, 5.41) is 0. The molecular weight excluding hydrogens is 116 g/mol. The van der Waals surface area contributed by atoms with Gasteiger partial charge in [0.2, 0.25) is 0 Å². The Hall–Kier alpha value is -1.05. The number of aldehydes is 1. The lowest BCUT2D eigenvalue weighted by atomic mass is 10.4. The zero-order valence-corrected chi connectivity index (χ0v) is 5.26. The van der Waals surface area contributed by atoms with Crippen molar-refractivity contribution in [1.82, 2.24) is 0 Å². The summed E-state index contributed by atoms with van der Waals surface area (Å²) in [5.74, 6) is 1.27. The van der Waals surface area contributed by atoms with Crippen molar-refractivity contribution in [3.63, 3.8) is 0 Å². The molecule has 0 saturated heterocycles. The highest BCUT2D eigenvalue weighted by Crippen LogP contribution is 2.04. The Morgan fingerprint density at radius 2 is 2.44 bits per heavy atom. The van der Waals surface area contributed by atoms with Gasteiger partial charge in [-0.2, -0.15) is 0 Å². The van der Waals surface area contributed by atoms with Crippen molar-refractivity contribution < 1.29 is 9.21 Å². The molecule has 0 amide bonds. The minimum absolute atomic E-state index is 0.409. The summed E-state index contributed by atoms with van der Waals surface area (Å²) in [4.78, 5) is 10.0. The predicted molar refractivity (Wildman–Crippen MR) is 33.5 cm³/mol. The Morgan fingerprint density at radius 3 is 2.78 bits per heavy atom. The van der Waals surface area contributed by atoms with E-state index >= 15 is 0 Å². The van der Waals surface area contributed by atoms with Gasteiger partial charge in [0.05, 0.1) is 0 Å². The quantitative estimate of drug-likeness (QED) is 0.561. The second-order valence-electron chi connectivity index (χ2n) is 1.78. The lowest BCUT2D eigenvalue weighted by Gasteiger charge is -1.82. The molecule has 0 aliphatic rings. The molecule has 1 rings (SSSR count). The van der Waals surface area contributed by atoms with Gasteiger partial charge in [0.15, 0.2) is 12.0 Å². The first-order valence-corrected chi connectivity index (χ1v) is 2.90. The van der Waals surface area contributed by atoms with Crippen LogP contribution in [0.15, 0.2) is 16.5 Å². The normalized spacial score (nSPS) is 9.44. The van der Waals surface area contributed by atoms with Crippen molar-refractivity contribution in [3.05, 3.63) is 23.7 Å². The number of rotatable bonds is 2. The van der Waals surface area contributed by atoms with Crippen molar-refractivity contribution in [2.75, 3.05) is 0 Å². The molecule has 2 nitrogen and oxygen atoms in total. The standard InChI is InChI=1S/C7H8O2/c1-2-6-3-4-7(5-8)9-6/h3-5H,2H2,1H3. The third kappa shape index (κ3) is 1.19. The Kier molecular flexibility index (Phi) is 1.68. The van der Waals surface area contributed by atoms with Crippen LogP contribution < -0.4 is 0 Å². The topological polar surface area (TPSA) is 30.2 Å². The lowest BCUT2D eigenvalue weighted by Crippen LogP contribution is -1.71. The molecule has 1 heterocycles. The molecule has 1 aromatic heterocycles. The van der Waals surface area contributed by atoms with E-state index in [9.17, 15) is 4.79 Å². The molecule has 48 valence electrons. The van der Waals surface area contributed by atoms with Crippen LogP contribution in [0.5, 0.6) is 0 Å². The molecule has 0 unspecified atom stereocenters. The zero-order chi connectivity index (χ0) is 6.69. The van der Waals surface area contributed by atoms with E-state index in [-0.39, 0.29) is 0 Å². The number of hydrogen-bond acceptors (Lipinski definition) is 2. The van der Waals surface area contributed by atoms with Crippen molar-refractivity contribution in [1.29, 1.82) is 0 Å². The Morgan fingerprint density at radius 1 is 1.67 bits per heavy atom. The van der Waals surface area contributed by atoms with E-state index in [1.54, 1.807) is 6.07 Å². The molecule has 1 aromatic rings. The van der Waals surface area contributed by atoms with Crippen LogP contribution >= 0.6 is 0 Å². The van der Waals surface area contributed by atoms with Crippen LogP contribution in [-0.2, 0) is 6.42 Å². The van der Waals surface area contributed by atoms with Gasteiger partial charge in [0.1, 0.15) is 5.76 Å². The van der Waals surface area contributed by atoms with Gasteiger partial charge in [0, 0.05) is 6.42 Å². The van der Waals surface area contributed by atoms with Crippen LogP contribution in [0.3, 0.4) is 0 Å². The largest absolute Gasteiger partial charge is 0.458 e. The molecule has 0 aromatic carbocycles. The molecule has 0 bridgehead atoms. The van der Waals surface area contributed by atoms with E-state index in [2.05, 4.69) is 0 Å². The summed E-state index contributed by atoms with van der Waals surface area (Å²) in [6.45, 7) is 1.98. The summed E-state index contributed by atoms with van der Waals surface area (Å²) in [6.07, 6.45) is 1.55. The van der Waals surface area contributed by atoms with Gasteiger partial charge in [-0.1, -0.05) is 6.92 Å². The van der Waals surface area contributed by atoms with Gasteiger partial charge < -0.3 is 4.42 Å². The highest BCUT2D eigenvalue weighted by molar-refractivity contribution is 5.70. The SMILES string of the molecule is CCc1ccc(C=O)o1. The highest BCUT2D eigenvalue weighted by atomic mass is 16.3. The molecule has 2 heteroatoms. The van der Waals surface area contributed by atoms with Crippen LogP contribution in [0.25, 0.3) is 0 Å². The van der Waals surface area contributed by atoms with Crippen LogP contribution in [0.4, 0.5) is 0 Å². The maximum Gasteiger partial charge on any atom is 0.185 e. The van der Waals surface area contributed by atoms with Crippen molar-refractivity contribution in [2.45, 2.75) is 13.3 Å². The van der Waals surface area contributed by atoms with Crippen LogP contribution in [0.2, 0.25) is 0 Å². The van der Waals surface area contributed by atoms with Gasteiger partial charge in [-0.3, -0.25) is 4.79 Å². The second-order valence-corrected chi connectivity index (χ2v) is 1.78. The smallest absolute Gasteiger partial charge is 0.185 e. The average Bonchev–Trinajstić information content (AvgIpc) is 2.34. The van der Waals surface area contributed by atoms with Crippen LogP contribution in [-0.4, -0.2) is 6.29 Å². The number of hydrogen-bond donors (Lipinski definition) is 0. The monoisotopic (exact) mass is 124 g/mol. The Bertz CT molecular complexity index is 200. The third-order valence-corrected chi connectivity index (χ3v) is 1.15. The van der Waals surface area contributed by atoms with E-state index in [1.165, 1.54) is 0 Å². The van der Waals surface area contributed by atoms with E-state index in [4.69, 9.17) is 4.42 Å².